The van der Waals surface area contributed by atoms with Crippen LogP contribution in [0.4, 0.5) is 11.4 Å². The molecule has 0 aliphatic carbocycles. The third-order valence-corrected chi connectivity index (χ3v) is 16.3. The molecule has 0 radical (unpaired) electrons. The van der Waals surface area contributed by atoms with Gasteiger partial charge in [-0.05, 0) is 74.7 Å². The van der Waals surface area contributed by atoms with Crippen molar-refractivity contribution >= 4 is 75.7 Å². The largest absolute Gasteiger partial charge is 0.490 e. The molecule has 4 heterocycles. The van der Waals surface area contributed by atoms with Crippen molar-refractivity contribution in [2.75, 3.05) is 44.4 Å². The number of hydrogen-bond acceptors (Lipinski definition) is 14. The number of ether oxygens (including phenoxy) is 2. The second-order valence-electron chi connectivity index (χ2n) is 17.8. The summed E-state index contributed by atoms with van der Waals surface area (Å²) in [6.07, 6.45) is 7.67. The van der Waals surface area contributed by atoms with Crippen LogP contribution in [0.1, 0.15) is 82.7 Å². The predicted octanol–water partition coefficient (Wildman–Crippen LogP) is 5.81. The van der Waals surface area contributed by atoms with Gasteiger partial charge in [0.15, 0.2) is 5.71 Å². The number of nitrogens with one attached hydrogen (secondary N) is 2. The highest BCUT2D eigenvalue weighted by Gasteiger charge is 2.46. The zero-order valence-corrected chi connectivity index (χ0v) is 43.2. The van der Waals surface area contributed by atoms with Crippen LogP contribution in [0, 0.1) is 0 Å². The lowest BCUT2D eigenvalue weighted by atomic mass is 9.81. The van der Waals surface area contributed by atoms with E-state index < -0.39 is 65.2 Å². The van der Waals surface area contributed by atoms with E-state index >= 15 is 0 Å². The SMILES string of the molecule is CC1(C)C(/C=C/C=C2\N(CCOCCO)c3ccc(Cl)cc3C2(C)C)=[N+](CCCCCC(=O)N/C=C/c2cn([C@H]3CC(O)[C@@H](COP(=O)(O)OP(=O)(O)OP(=O)(O)O)O3)c(=O)[nH]c2=O)c2ccc(Cl)cc21. The summed E-state index contributed by atoms with van der Waals surface area (Å²) < 4.78 is 60.9. The van der Waals surface area contributed by atoms with E-state index in [9.17, 15) is 48.1 Å². The Morgan fingerprint density at radius 3 is 2.35 bits per heavy atom. The number of aliphatic hydroxyl groups is 2. The maximum Gasteiger partial charge on any atom is 0.490 e. The summed E-state index contributed by atoms with van der Waals surface area (Å²) in [5.74, 6) is -0.328. The number of fused-ring (bicyclic) bond motifs is 2. The van der Waals surface area contributed by atoms with Crippen LogP contribution in [-0.4, -0.2) is 107 Å². The molecule has 388 valence electrons. The lowest BCUT2D eigenvalue weighted by Crippen LogP contribution is -2.33. The Hall–Kier alpha value is -3.89. The summed E-state index contributed by atoms with van der Waals surface area (Å²) in [5, 5.41) is 23.6. The Bertz CT molecular complexity index is 2880. The molecule has 1 aromatic heterocycles. The predicted molar refractivity (Wildman–Crippen MR) is 263 cm³/mol. The fourth-order valence-corrected chi connectivity index (χ4v) is 12.1. The highest BCUT2D eigenvalue weighted by molar-refractivity contribution is 7.66. The Labute approximate surface area is 418 Å². The molecule has 3 aromatic rings. The molecule has 3 unspecified atom stereocenters. The highest BCUT2D eigenvalue weighted by Crippen LogP contribution is 2.66. The zero-order valence-electron chi connectivity index (χ0n) is 39.1. The van der Waals surface area contributed by atoms with Crippen molar-refractivity contribution in [1.82, 2.24) is 14.9 Å². The lowest BCUT2D eigenvalue weighted by molar-refractivity contribution is -0.438. The molecule has 0 saturated carbocycles. The third-order valence-electron chi connectivity index (χ3n) is 12.0. The van der Waals surface area contributed by atoms with Crippen molar-refractivity contribution < 1.29 is 75.5 Å². The van der Waals surface area contributed by atoms with Gasteiger partial charge in [0, 0.05) is 82.8 Å². The van der Waals surface area contributed by atoms with E-state index in [2.05, 4.69) is 78.8 Å². The van der Waals surface area contributed by atoms with Crippen LogP contribution in [0.2, 0.25) is 10.0 Å². The van der Waals surface area contributed by atoms with Crippen molar-refractivity contribution in [3.8, 4) is 0 Å². The van der Waals surface area contributed by atoms with Crippen LogP contribution in [-0.2, 0) is 51.9 Å². The number of carbonyl (C=O) groups excluding carboxylic acids is 1. The van der Waals surface area contributed by atoms with Gasteiger partial charge >= 0.3 is 29.2 Å². The fraction of sp³-hybridized carbons (Fsp3) is 0.455. The summed E-state index contributed by atoms with van der Waals surface area (Å²) >= 11 is 13.0. The van der Waals surface area contributed by atoms with Crippen LogP contribution in [0.15, 0.2) is 82.3 Å². The number of nitrogens with zero attached hydrogens (tertiary/aromatic N) is 3. The van der Waals surface area contributed by atoms with E-state index in [1.54, 1.807) is 0 Å². The van der Waals surface area contributed by atoms with Crippen LogP contribution in [0.3, 0.4) is 0 Å². The van der Waals surface area contributed by atoms with E-state index in [0.717, 1.165) is 51.1 Å². The first-order valence-corrected chi connectivity index (χ1v) is 27.5. The number of rotatable bonds is 23. The number of anilines is 1. The van der Waals surface area contributed by atoms with E-state index in [0.29, 0.717) is 42.6 Å². The number of aliphatic hydroxyl groups excluding tert-OH is 2. The molecular formula is C44H57Cl2N5O17P3+. The van der Waals surface area contributed by atoms with Gasteiger partial charge < -0.3 is 49.5 Å². The number of phosphoric ester groups is 1. The Kier molecular flexibility index (Phi) is 18.4. The number of benzene rings is 2. The van der Waals surface area contributed by atoms with E-state index in [1.165, 1.54) is 12.3 Å². The molecule has 6 rings (SSSR count). The second-order valence-corrected chi connectivity index (χ2v) is 23.1. The molecule has 1 saturated heterocycles. The summed E-state index contributed by atoms with van der Waals surface area (Å²) in [7, 11) is -16.9. The quantitative estimate of drug-likeness (QED) is 0.0316. The smallest absolute Gasteiger partial charge is 0.394 e. The molecule has 5 atom stereocenters. The average Bonchev–Trinajstić information content (AvgIpc) is 3.80. The van der Waals surface area contributed by atoms with E-state index in [4.69, 9.17) is 42.5 Å². The minimum absolute atomic E-state index is 0.0573. The molecule has 27 heteroatoms. The number of aromatic amines is 1. The van der Waals surface area contributed by atoms with Crippen molar-refractivity contribution in [2.45, 2.75) is 89.1 Å². The van der Waals surface area contributed by atoms with Crippen molar-refractivity contribution in [1.29, 1.82) is 0 Å². The molecular weight excluding hydrogens is 1030 g/mol. The number of halogens is 2. The monoisotopic (exact) mass is 1090 g/mol. The summed E-state index contributed by atoms with van der Waals surface area (Å²) in [5.41, 5.74) is 3.84. The van der Waals surface area contributed by atoms with Gasteiger partial charge in [0.05, 0.1) is 43.5 Å². The van der Waals surface area contributed by atoms with Crippen LogP contribution >= 0.6 is 46.7 Å². The molecule has 3 aliphatic rings. The molecule has 3 aliphatic heterocycles. The molecule has 8 N–H and O–H groups in total. The average molecular weight is 1090 g/mol. The number of allylic oxidation sites excluding steroid dienone is 4. The van der Waals surface area contributed by atoms with Gasteiger partial charge in [0.1, 0.15) is 18.9 Å². The molecule has 0 bridgehead atoms. The molecule has 1 amide bonds. The number of hydrogen-bond donors (Lipinski definition) is 8. The van der Waals surface area contributed by atoms with Gasteiger partial charge in [-0.15, -0.1) is 0 Å². The first-order chi connectivity index (χ1) is 33.2. The van der Waals surface area contributed by atoms with Gasteiger partial charge in [0.2, 0.25) is 11.6 Å². The molecule has 0 spiro atoms. The second kappa shape index (κ2) is 23.1. The molecule has 71 heavy (non-hydrogen) atoms. The Morgan fingerprint density at radius 2 is 1.65 bits per heavy atom. The third kappa shape index (κ3) is 14.2. The summed E-state index contributed by atoms with van der Waals surface area (Å²) in [6, 6.07) is 11.8. The van der Waals surface area contributed by atoms with Gasteiger partial charge in [-0.3, -0.25) is 23.7 Å². The Morgan fingerprint density at radius 1 is 0.944 bits per heavy atom. The maximum atomic E-state index is 12.9. The van der Waals surface area contributed by atoms with Crippen LogP contribution in [0.25, 0.3) is 6.08 Å². The van der Waals surface area contributed by atoms with Crippen molar-refractivity contribution in [3.63, 3.8) is 0 Å². The normalized spacial score (nSPS) is 21.8. The maximum absolute atomic E-state index is 12.9. The van der Waals surface area contributed by atoms with Crippen LogP contribution in [0.5, 0.6) is 0 Å². The fourth-order valence-electron chi connectivity index (χ4n) is 8.70. The van der Waals surface area contributed by atoms with Gasteiger partial charge in [-0.2, -0.15) is 13.2 Å². The zero-order chi connectivity index (χ0) is 52.1. The molecule has 2 aromatic carbocycles. The van der Waals surface area contributed by atoms with E-state index in [1.807, 2.05) is 36.4 Å². The number of unbranched alkanes of at least 4 members (excludes halogenated alkanes) is 2. The summed E-state index contributed by atoms with van der Waals surface area (Å²) in [4.78, 5) is 79.0. The first-order valence-electron chi connectivity index (χ1n) is 22.3. The van der Waals surface area contributed by atoms with Gasteiger partial charge in [0.25, 0.3) is 5.56 Å². The minimum Gasteiger partial charge on any atom is -0.394 e. The Balaban J connectivity index is 1.06. The van der Waals surface area contributed by atoms with Gasteiger partial charge in [-0.1, -0.05) is 43.1 Å². The number of amides is 1. The van der Waals surface area contributed by atoms with Gasteiger partial charge in [-0.25, -0.2) is 18.5 Å². The standard InChI is InChI=1S/C44H56Cl2N5O17P3/c1-43(2)31-23-29(45)12-14-33(31)49(37(43)9-8-10-38-44(3,4)32-24-30(46)13-15-34(32)50(38)19-21-64-22-20-52)18-7-5-6-11-39(54)47-17-16-28-26-51(42(56)48-41(28)55)40-25-35(53)36(66-40)27-65-70(60,61)68-71(62,63)67-69(57,58)59/h8-10,12-17,23-24,26,35-36,40,52-53H,5-7,11,18-22,25,27H2,1-4H3,(H5-,47,48,54,55,56,57,58,59,60,61,62,63)/p+1/b17-16+/t35?,36-,40-/m1/s1. The molecule has 1 fully saturated rings. The van der Waals surface area contributed by atoms with Crippen molar-refractivity contribution in [2.24, 2.45) is 0 Å². The first kappa shape index (κ1) is 56.4. The lowest BCUT2D eigenvalue weighted by Gasteiger charge is -2.27. The van der Waals surface area contributed by atoms with Crippen LogP contribution < -0.4 is 21.5 Å². The van der Waals surface area contributed by atoms with E-state index in [-0.39, 0.29) is 42.9 Å². The number of phosphoric acid groups is 3. The minimum atomic E-state index is -5.79. The summed E-state index contributed by atoms with van der Waals surface area (Å²) in [6.45, 7) is 9.55. The highest BCUT2D eigenvalue weighted by atomic mass is 35.5. The number of H-pyrrole nitrogens is 1. The number of aromatic nitrogens is 2. The topological polar surface area (TPSA) is 309 Å². The van der Waals surface area contributed by atoms with Crippen molar-refractivity contribution in [3.05, 3.63) is 120 Å². The molecule has 22 nitrogen and oxygen atoms in total. The number of carbonyl (C=O) groups is 1.